The lowest BCUT2D eigenvalue weighted by molar-refractivity contribution is -0.0997. The van der Waals surface area contributed by atoms with Crippen molar-refractivity contribution in [3.8, 4) is 0 Å². The lowest BCUT2D eigenvalue weighted by Gasteiger charge is -2.59. The first-order valence-corrected chi connectivity index (χ1v) is 7.34. The minimum Gasteiger partial charge on any atom is -0.295 e. The van der Waals surface area contributed by atoms with E-state index < -0.39 is 0 Å². The number of rotatable bonds is 2. The molecule has 3 heterocycles. The van der Waals surface area contributed by atoms with Crippen molar-refractivity contribution >= 4 is 0 Å². The van der Waals surface area contributed by atoms with E-state index in [1.165, 1.54) is 30.8 Å². The number of likely N-dealkylation sites (tertiary alicyclic amines) is 2. The molecule has 0 spiro atoms. The Kier molecular flexibility index (Phi) is 2.98. The van der Waals surface area contributed by atoms with Crippen LogP contribution < -0.4 is 0 Å². The highest BCUT2D eigenvalue weighted by atomic mass is 15.4. The van der Waals surface area contributed by atoms with Crippen molar-refractivity contribution in [3.05, 3.63) is 17.5 Å². The normalized spacial score (nSPS) is 28.5. The average Bonchev–Trinajstić information content (AvgIpc) is 2.63. The molecule has 2 fully saturated rings. The molecular weight excluding hydrogens is 236 g/mol. The Hall–Kier alpha value is -0.870. The second kappa shape index (κ2) is 4.32. The lowest BCUT2D eigenvalue weighted by atomic mass is 9.84. The molecule has 2 aliphatic rings. The second-order valence-electron chi connectivity index (χ2n) is 7.20. The molecule has 0 aromatic carbocycles. The molecule has 2 unspecified atom stereocenters. The molecule has 0 N–H and O–H groups in total. The van der Waals surface area contributed by atoms with Crippen molar-refractivity contribution in [3.63, 3.8) is 0 Å². The van der Waals surface area contributed by atoms with E-state index in [9.17, 15) is 0 Å². The van der Waals surface area contributed by atoms with E-state index in [2.05, 4.69) is 48.8 Å². The van der Waals surface area contributed by atoms with Gasteiger partial charge in [-0.2, -0.15) is 5.10 Å². The Bertz CT molecular complexity index is 459. The third kappa shape index (κ3) is 2.32. The molecule has 2 atom stereocenters. The Morgan fingerprint density at radius 3 is 2.37 bits per heavy atom. The number of hydrogen-bond donors (Lipinski definition) is 0. The topological polar surface area (TPSA) is 24.3 Å². The number of aromatic nitrogens is 2. The quantitative estimate of drug-likeness (QED) is 0.812. The van der Waals surface area contributed by atoms with Gasteiger partial charge < -0.3 is 0 Å². The van der Waals surface area contributed by atoms with Crippen molar-refractivity contribution < 1.29 is 0 Å². The van der Waals surface area contributed by atoms with Crippen LogP contribution in [0, 0.1) is 6.92 Å². The zero-order valence-electron chi connectivity index (χ0n) is 12.8. The Morgan fingerprint density at radius 1 is 1.26 bits per heavy atom. The van der Waals surface area contributed by atoms with Crippen molar-refractivity contribution in [2.24, 2.45) is 7.05 Å². The number of nitrogens with zero attached hydrogens (tertiary/aromatic N) is 4. The van der Waals surface area contributed by atoms with Gasteiger partial charge in [-0.3, -0.25) is 14.5 Å². The minimum absolute atomic E-state index is 0.313. The van der Waals surface area contributed by atoms with Crippen molar-refractivity contribution in [1.29, 1.82) is 0 Å². The van der Waals surface area contributed by atoms with E-state index in [1.54, 1.807) is 0 Å². The van der Waals surface area contributed by atoms with E-state index in [0.29, 0.717) is 5.54 Å². The lowest BCUT2D eigenvalue weighted by Crippen LogP contribution is -2.70. The Balaban J connectivity index is 1.66. The van der Waals surface area contributed by atoms with Gasteiger partial charge in [0.2, 0.25) is 0 Å². The van der Waals surface area contributed by atoms with Gasteiger partial charge in [-0.25, -0.2) is 0 Å². The van der Waals surface area contributed by atoms with Crippen LogP contribution in [0.15, 0.2) is 6.20 Å². The fourth-order valence-corrected chi connectivity index (χ4v) is 3.49. The summed E-state index contributed by atoms with van der Waals surface area (Å²) in [5.74, 6) is 0. The zero-order chi connectivity index (χ0) is 13.8. The molecule has 106 valence electrons. The molecular formula is C15H26N4. The smallest absolute Gasteiger partial charge is 0.0638 e. The first kappa shape index (κ1) is 13.1. The molecule has 0 saturated carbocycles. The van der Waals surface area contributed by atoms with Gasteiger partial charge in [0.1, 0.15) is 0 Å². The molecule has 4 nitrogen and oxygen atoms in total. The van der Waals surface area contributed by atoms with Gasteiger partial charge in [0.15, 0.2) is 0 Å². The van der Waals surface area contributed by atoms with Crippen LogP contribution in [0.2, 0.25) is 0 Å². The molecule has 2 bridgehead atoms. The van der Waals surface area contributed by atoms with Crippen molar-refractivity contribution in [1.82, 2.24) is 19.6 Å². The van der Waals surface area contributed by atoms with E-state index in [1.807, 2.05) is 11.7 Å². The highest BCUT2D eigenvalue weighted by molar-refractivity contribution is 5.17. The molecule has 3 rings (SSSR count). The maximum absolute atomic E-state index is 4.45. The van der Waals surface area contributed by atoms with E-state index in [4.69, 9.17) is 0 Å². The molecule has 0 amide bonds. The van der Waals surface area contributed by atoms with Crippen LogP contribution in [-0.4, -0.2) is 50.3 Å². The van der Waals surface area contributed by atoms with Crippen LogP contribution in [0.3, 0.4) is 0 Å². The van der Waals surface area contributed by atoms with Crippen LogP contribution in [-0.2, 0) is 13.6 Å². The number of piperazine rings is 1. The first-order chi connectivity index (χ1) is 8.84. The minimum atomic E-state index is 0.313. The van der Waals surface area contributed by atoms with E-state index in [0.717, 1.165) is 18.6 Å². The number of fused-ring (bicyclic) bond motifs is 2. The average molecular weight is 262 g/mol. The summed E-state index contributed by atoms with van der Waals surface area (Å²) in [5.41, 5.74) is 2.88. The molecule has 0 radical (unpaired) electrons. The third-order valence-corrected chi connectivity index (χ3v) is 4.76. The summed E-state index contributed by atoms with van der Waals surface area (Å²) >= 11 is 0. The summed E-state index contributed by atoms with van der Waals surface area (Å²) in [4.78, 5) is 5.31. The van der Waals surface area contributed by atoms with Crippen molar-refractivity contribution in [2.75, 3.05) is 13.1 Å². The molecule has 1 aromatic heterocycles. The van der Waals surface area contributed by atoms with E-state index >= 15 is 0 Å². The molecule has 2 aliphatic heterocycles. The van der Waals surface area contributed by atoms with Crippen LogP contribution in [0.1, 0.15) is 38.4 Å². The molecule has 0 aliphatic carbocycles. The standard InChI is InChI=1S/C15H26N4/c1-11-12(7-17(5)16-11)8-19-13-6-14(19)10-18(9-13)15(2,3)4/h7,13-14H,6,8-10H2,1-5H3. The fraction of sp³-hybridized carbons (Fsp3) is 0.800. The summed E-state index contributed by atoms with van der Waals surface area (Å²) in [6.45, 7) is 12.6. The highest BCUT2D eigenvalue weighted by Gasteiger charge is 2.46. The molecule has 2 saturated heterocycles. The van der Waals surface area contributed by atoms with Crippen LogP contribution in [0.25, 0.3) is 0 Å². The van der Waals surface area contributed by atoms with E-state index in [-0.39, 0.29) is 0 Å². The molecule has 1 aromatic rings. The van der Waals surface area contributed by atoms with Gasteiger partial charge in [-0.05, 0) is 34.1 Å². The number of piperidine rings is 1. The highest BCUT2D eigenvalue weighted by Crippen LogP contribution is 2.36. The third-order valence-electron chi connectivity index (χ3n) is 4.76. The van der Waals surface area contributed by atoms with Gasteiger partial charge in [0.25, 0.3) is 0 Å². The maximum Gasteiger partial charge on any atom is 0.0638 e. The monoisotopic (exact) mass is 262 g/mol. The predicted molar refractivity (Wildman–Crippen MR) is 77.0 cm³/mol. The fourth-order valence-electron chi connectivity index (χ4n) is 3.49. The van der Waals surface area contributed by atoms with Crippen LogP contribution in [0.4, 0.5) is 0 Å². The number of hydrogen-bond acceptors (Lipinski definition) is 3. The second-order valence-corrected chi connectivity index (χ2v) is 7.20. The summed E-state index contributed by atoms with van der Waals surface area (Å²) in [6.07, 6.45) is 3.55. The predicted octanol–water partition coefficient (Wildman–Crippen LogP) is 1.79. The molecule has 4 heteroatoms. The summed E-state index contributed by atoms with van der Waals surface area (Å²) < 4.78 is 1.93. The van der Waals surface area contributed by atoms with Gasteiger partial charge in [0.05, 0.1) is 5.69 Å². The number of aryl methyl sites for hydroxylation is 2. The Morgan fingerprint density at radius 2 is 1.89 bits per heavy atom. The first-order valence-electron chi connectivity index (χ1n) is 7.34. The SMILES string of the molecule is Cc1nn(C)cc1CN1C2CC1CN(C(C)(C)C)C2. The van der Waals surface area contributed by atoms with Gasteiger partial charge in [0, 0.05) is 56.1 Å². The summed E-state index contributed by atoms with van der Waals surface area (Å²) in [6, 6.07) is 1.50. The van der Waals surface area contributed by atoms with Gasteiger partial charge in [-0.1, -0.05) is 0 Å². The van der Waals surface area contributed by atoms with Crippen LogP contribution in [0.5, 0.6) is 0 Å². The zero-order valence-corrected chi connectivity index (χ0v) is 12.8. The Labute approximate surface area is 116 Å². The summed E-state index contributed by atoms with van der Waals surface area (Å²) in [7, 11) is 2.01. The van der Waals surface area contributed by atoms with Gasteiger partial charge in [-0.15, -0.1) is 0 Å². The van der Waals surface area contributed by atoms with Gasteiger partial charge >= 0.3 is 0 Å². The van der Waals surface area contributed by atoms with Crippen LogP contribution >= 0.6 is 0 Å². The maximum atomic E-state index is 4.45. The summed E-state index contributed by atoms with van der Waals surface area (Å²) in [5, 5.41) is 4.45. The molecule has 19 heavy (non-hydrogen) atoms. The largest absolute Gasteiger partial charge is 0.295 e. The van der Waals surface area contributed by atoms with Crippen molar-refractivity contribution in [2.45, 2.75) is 58.3 Å².